The number of alkyl halides is 3. The number of hydrogen-bond donors (Lipinski definition) is 2. The van der Waals surface area contributed by atoms with Crippen LogP contribution >= 0.6 is 11.6 Å². The third-order valence-corrected chi connectivity index (χ3v) is 4.54. The summed E-state index contributed by atoms with van der Waals surface area (Å²) in [6.07, 6.45) is -3.88. The summed E-state index contributed by atoms with van der Waals surface area (Å²) in [6, 6.07) is 4.28. The molecule has 0 aromatic heterocycles. The molecule has 0 saturated heterocycles. The molecule has 0 radical (unpaired) electrons. The van der Waals surface area contributed by atoms with Gasteiger partial charge in [-0.05, 0) is 35.1 Å². The monoisotopic (exact) mass is 364 g/mol. The molecule has 24 heavy (non-hydrogen) atoms. The minimum atomic E-state index is -5.08. The fourth-order valence-electron chi connectivity index (χ4n) is 3.00. The average Bonchev–Trinajstić information content (AvgIpc) is 2.65. The second-order valence-corrected chi connectivity index (χ2v) is 7.00. The van der Waals surface area contributed by atoms with Gasteiger partial charge in [-0.3, -0.25) is 0 Å². The van der Waals surface area contributed by atoms with Crippen LogP contribution in [0.3, 0.4) is 0 Å². The molecule has 0 aliphatic carbocycles. The molecule has 0 unspecified atom stereocenters. The number of nitrogens with zero attached hydrogens (tertiary/aromatic N) is 1. The molecule has 0 amide bonds. The molecule has 0 atom stereocenters. The van der Waals surface area contributed by atoms with Crippen molar-refractivity contribution in [3.05, 3.63) is 28.3 Å². The number of anilines is 1. The Morgan fingerprint density at radius 3 is 2.54 bits per heavy atom. The fraction of sp³-hybridized carbons (Fsp3) is 0.562. The van der Waals surface area contributed by atoms with E-state index in [9.17, 15) is 13.2 Å². The highest BCUT2D eigenvalue weighted by Crippen LogP contribution is 2.43. The third kappa shape index (κ3) is 4.13. The van der Waals surface area contributed by atoms with Crippen LogP contribution in [0.2, 0.25) is 5.02 Å². The molecule has 2 aliphatic rings. The second kappa shape index (κ2) is 6.80. The van der Waals surface area contributed by atoms with Gasteiger partial charge in [-0.1, -0.05) is 25.4 Å². The van der Waals surface area contributed by atoms with Gasteiger partial charge >= 0.3 is 12.1 Å². The van der Waals surface area contributed by atoms with Crippen LogP contribution in [0.25, 0.3) is 0 Å². The molecule has 0 fully saturated rings. The van der Waals surface area contributed by atoms with Crippen LogP contribution in [0.4, 0.5) is 18.9 Å². The molecule has 2 heterocycles. The molecule has 4 nitrogen and oxygen atoms in total. The first kappa shape index (κ1) is 18.9. The van der Waals surface area contributed by atoms with Gasteiger partial charge in [-0.15, -0.1) is 0 Å². The Morgan fingerprint density at radius 1 is 1.33 bits per heavy atom. The molecule has 2 N–H and O–H groups in total. The Balaban J connectivity index is 0.000000256. The topological polar surface area (TPSA) is 52.6 Å². The van der Waals surface area contributed by atoms with Gasteiger partial charge in [0.15, 0.2) is 0 Å². The zero-order chi connectivity index (χ0) is 18.1. The number of carbonyl (C=O) groups is 1. The van der Waals surface area contributed by atoms with Crippen LogP contribution in [0.15, 0.2) is 12.1 Å². The first-order chi connectivity index (χ1) is 11.0. The standard InChI is InChI=1S/C14H19ClN2.C2HF3O2/c1-14(2)3-5-17-6-4-16-9-10-7-11(15)8-12(14)13(10)17;3-2(4,5)1(6)7/h7-8,16H,3-6,9H2,1-2H3;(H,6,7). The summed E-state index contributed by atoms with van der Waals surface area (Å²) >= 11 is 6.27. The number of aliphatic carboxylic acids is 1. The van der Waals surface area contributed by atoms with E-state index in [-0.39, 0.29) is 5.41 Å². The summed E-state index contributed by atoms with van der Waals surface area (Å²) < 4.78 is 31.7. The number of hydrogen-bond acceptors (Lipinski definition) is 3. The van der Waals surface area contributed by atoms with Crippen molar-refractivity contribution < 1.29 is 23.1 Å². The Hall–Kier alpha value is -1.47. The number of carboxylic acid groups (broad SMARTS) is 1. The van der Waals surface area contributed by atoms with Gasteiger partial charge < -0.3 is 15.3 Å². The van der Waals surface area contributed by atoms with E-state index in [1.165, 1.54) is 23.2 Å². The lowest BCUT2D eigenvalue weighted by Crippen LogP contribution is -2.39. The maximum Gasteiger partial charge on any atom is 0.490 e. The van der Waals surface area contributed by atoms with Crippen molar-refractivity contribution in [1.29, 1.82) is 0 Å². The van der Waals surface area contributed by atoms with E-state index in [4.69, 9.17) is 21.5 Å². The SMILES string of the molecule is CC1(C)CCN2CCNCc3cc(Cl)cc1c32.O=C(O)C(F)(F)F. The quantitative estimate of drug-likeness (QED) is 0.739. The smallest absolute Gasteiger partial charge is 0.475 e. The number of nitrogens with one attached hydrogen (secondary N) is 1. The van der Waals surface area contributed by atoms with Gasteiger partial charge in [0.2, 0.25) is 0 Å². The molecule has 1 aromatic rings. The van der Waals surface area contributed by atoms with E-state index >= 15 is 0 Å². The Morgan fingerprint density at radius 2 is 1.96 bits per heavy atom. The van der Waals surface area contributed by atoms with Crippen molar-refractivity contribution >= 4 is 23.3 Å². The summed E-state index contributed by atoms with van der Waals surface area (Å²) in [7, 11) is 0. The van der Waals surface area contributed by atoms with Gasteiger partial charge in [0.05, 0.1) is 0 Å². The van der Waals surface area contributed by atoms with Gasteiger partial charge in [0.25, 0.3) is 0 Å². The summed E-state index contributed by atoms with van der Waals surface area (Å²) in [4.78, 5) is 11.4. The number of halogens is 4. The Labute approximate surface area is 143 Å². The first-order valence-electron chi connectivity index (χ1n) is 7.61. The first-order valence-corrected chi connectivity index (χ1v) is 7.99. The summed E-state index contributed by atoms with van der Waals surface area (Å²) in [5.41, 5.74) is 4.47. The van der Waals surface area contributed by atoms with E-state index in [1.807, 2.05) is 0 Å². The summed E-state index contributed by atoms with van der Waals surface area (Å²) in [6.45, 7) is 8.93. The predicted molar refractivity (Wildman–Crippen MR) is 86.7 cm³/mol. The highest BCUT2D eigenvalue weighted by atomic mass is 35.5. The average molecular weight is 365 g/mol. The molecule has 0 bridgehead atoms. The molecular weight excluding hydrogens is 345 g/mol. The third-order valence-electron chi connectivity index (χ3n) is 4.32. The number of benzene rings is 1. The summed E-state index contributed by atoms with van der Waals surface area (Å²) in [5.74, 6) is -2.76. The van der Waals surface area contributed by atoms with Crippen molar-refractivity contribution in [3.63, 3.8) is 0 Å². The van der Waals surface area contributed by atoms with Crippen LogP contribution in [-0.2, 0) is 16.8 Å². The highest BCUT2D eigenvalue weighted by Gasteiger charge is 2.38. The van der Waals surface area contributed by atoms with Crippen molar-refractivity contribution in [2.45, 2.75) is 38.4 Å². The van der Waals surface area contributed by atoms with Gasteiger partial charge in [0, 0.05) is 36.9 Å². The predicted octanol–water partition coefficient (Wildman–Crippen LogP) is 3.56. The Bertz CT molecular complexity index is 632. The second-order valence-electron chi connectivity index (χ2n) is 6.56. The van der Waals surface area contributed by atoms with E-state index in [1.54, 1.807) is 0 Å². The van der Waals surface area contributed by atoms with Gasteiger partial charge in [-0.2, -0.15) is 13.2 Å². The zero-order valence-corrected chi connectivity index (χ0v) is 14.3. The minimum Gasteiger partial charge on any atom is -0.475 e. The van der Waals surface area contributed by atoms with Crippen LogP contribution in [0.5, 0.6) is 0 Å². The van der Waals surface area contributed by atoms with E-state index in [2.05, 4.69) is 36.2 Å². The number of carboxylic acids is 1. The largest absolute Gasteiger partial charge is 0.490 e. The van der Waals surface area contributed by atoms with Crippen LogP contribution < -0.4 is 10.2 Å². The van der Waals surface area contributed by atoms with Crippen molar-refractivity contribution in [1.82, 2.24) is 5.32 Å². The maximum atomic E-state index is 10.6. The molecule has 3 rings (SSSR count). The van der Waals surface area contributed by atoms with Crippen LogP contribution in [0, 0.1) is 0 Å². The van der Waals surface area contributed by atoms with E-state index in [0.29, 0.717) is 0 Å². The van der Waals surface area contributed by atoms with Crippen LogP contribution in [0.1, 0.15) is 31.4 Å². The minimum absolute atomic E-state index is 0.246. The molecule has 8 heteroatoms. The number of rotatable bonds is 0. The van der Waals surface area contributed by atoms with Gasteiger partial charge in [-0.25, -0.2) is 4.79 Å². The lowest BCUT2D eigenvalue weighted by atomic mass is 9.76. The lowest BCUT2D eigenvalue weighted by Gasteiger charge is -2.40. The lowest BCUT2D eigenvalue weighted by molar-refractivity contribution is -0.192. The van der Waals surface area contributed by atoms with Crippen molar-refractivity contribution in [3.8, 4) is 0 Å². The van der Waals surface area contributed by atoms with E-state index < -0.39 is 12.1 Å². The fourth-order valence-corrected chi connectivity index (χ4v) is 3.24. The maximum absolute atomic E-state index is 10.6. The molecule has 0 spiro atoms. The summed E-state index contributed by atoms with van der Waals surface area (Å²) in [5, 5.41) is 11.5. The van der Waals surface area contributed by atoms with Gasteiger partial charge in [0.1, 0.15) is 0 Å². The normalized spacial score (nSPS) is 18.8. The highest BCUT2D eigenvalue weighted by molar-refractivity contribution is 6.30. The molecule has 0 saturated carbocycles. The van der Waals surface area contributed by atoms with Crippen molar-refractivity contribution in [2.24, 2.45) is 0 Å². The molecule has 1 aromatic carbocycles. The molecule has 2 aliphatic heterocycles. The Kier molecular flexibility index (Phi) is 5.34. The zero-order valence-electron chi connectivity index (χ0n) is 13.5. The van der Waals surface area contributed by atoms with E-state index in [0.717, 1.165) is 31.2 Å². The van der Waals surface area contributed by atoms with Crippen LogP contribution in [-0.4, -0.2) is 36.9 Å². The molecule has 134 valence electrons. The van der Waals surface area contributed by atoms with Crippen molar-refractivity contribution in [2.75, 3.05) is 24.5 Å². The molecular formula is C16H20ClF3N2O2.